The zero-order valence-corrected chi connectivity index (χ0v) is 7.95. The van der Waals surface area contributed by atoms with E-state index in [1.54, 1.807) is 6.08 Å². The molecule has 0 atom stereocenters. The summed E-state index contributed by atoms with van der Waals surface area (Å²) in [4.78, 5) is 9.86. The van der Waals surface area contributed by atoms with Gasteiger partial charge in [-0.3, -0.25) is 4.79 Å². The molecule has 0 aromatic carbocycles. The molecule has 12 heavy (non-hydrogen) atoms. The predicted octanol–water partition coefficient (Wildman–Crippen LogP) is 2.90. The van der Waals surface area contributed by atoms with Gasteiger partial charge in [-0.25, -0.2) is 0 Å². The van der Waals surface area contributed by atoms with Crippen molar-refractivity contribution < 1.29 is 4.79 Å². The summed E-state index contributed by atoms with van der Waals surface area (Å²) >= 11 is 0. The third-order valence-corrected chi connectivity index (χ3v) is 1.12. The minimum Gasteiger partial charge on any atom is -0.299 e. The Balaban J connectivity index is 3.82. The van der Waals surface area contributed by atoms with Crippen LogP contribution in [0.15, 0.2) is 36.5 Å². The Labute approximate surface area is 74.5 Å². The SMILES string of the molecule is CC(C)(C)/C=C/C=C/C=C/C=O. The highest BCUT2D eigenvalue weighted by molar-refractivity contribution is 5.65. The fourth-order valence-corrected chi connectivity index (χ4v) is 0.582. The summed E-state index contributed by atoms with van der Waals surface area (Å²) in [5.74, 6) is 0. The van der Waals surface area contributed by atoms with Crippen LogP contribution in [0.25, 0.3) is 0 Å². The fourth-order valence-electron chi connectivity index (χ4n) is 0.582. The minimum atomic E-state index is 0.221. The Bertz CT molecular complexity index is 202. The van der Waals surface area contributed by atoms with Crippen molar-refractivity contribution in [1.82, 2.24) is 0 Å². The molecule has 0 amide bonds. The number of carbonyl (C=O) groups is 1. The van der Waals surface area contributed by atoms with E-state index in [2.05, 4.69) is 26.8 Å². The highest BCUT2D eigenvalue weighted by Crippen LogP contribution is 2.13. The molecule has 0 rings (SSSR count). The van der Waals surface area contributed by atoms with Gasteiger partial charge in [-0.2, -0.15) is 0 Å². The predicted molar refractivity (Wildman–Crippen MR) is 52.9 cm³/mol. The number of hydrogen-bond acceptors (Lipinski definition) is 1. The van der Waals surface area contributed by atoms with Crippen LogP contribution >= 0.6 is 0 Å². The standard InChI is InChI=1S/C11H16O/c1-11(2,3)9-7-5-4-6-8-10-12/h4-10H,1-3H3/b5-4+,8-6+,9-7+. The maximum atomic E-state index is 9.86. The third-order valence-electron chi connectivity index (χ3n) is 1.12. The average Bonchev–Trinajstić information content (AvgIpc) is 1.94. The lowest BCUT2D eigenvalue weighted by atomic mass is 9.96. The van der Waals surface area contributed by atoms with Crippen molar-refractivity contribution in [1.29, 1.82) is 0 Å². The number of hydrogen-bond donors (Lipinski definition) is 0. The van der Waals surface area contributed by atoms with Gasteiger partial charge >= 0.3 is 0 Å². The molecule has 0 aliphatic carbocycles. The first-order chi connectivity index (χ1) is 5.56. The quantitative estimate of drug-likeness (QED) is 0.356. The maximum absolute atomic E-state index is 9.86. The number of rotatable bonds is 3. The van der Waals surface area contributed by atoms with E-state index in [1.807, 2.05) is 18.2 Å². The van der Waals surface area contributed by atoms with Crippen molar-refractivity contribution in [3.63, 3.8) is 0 Å². The van der Waals surface area contributed by atoms with E-state index < -0.39 is 0 Å². The van der Waals surface area contributed by atoms with Crippen LogP contribution < -0.4 is 0 Å². The molecule has 0 bridgehead atoms. The summed E-state index contributed by atoms with van der Waals surface area (Å²) in [6, 6.07) is 0. The topological polar surface area (TPSA) is 17.1 Å². The van der Waals surface area contributed by atoms with Gasteiger partial charge in [0.15, 0.2) is 0 Å². The van der Waals surface area contributed by atoms with Gasteiger partial charge in [-0.15, -0.1) is 0 Å². The third kappa shape index (κ3) is 8.89. The lowest BCUT2D eigenvalue weighted by Crippen LogP contribution is -1.97. The lowest BCUT2D eigenvalue weighted by molar-refractivity contribution is -0.104. The highest BCUT2D eigenvalue weighted by atomic mass is 16.1. The molecule has 0 saturated carbocycles. The van der Waals surface area contributed by atoms with E-state index in [4.69, 9.17) is 0 Å². The first kappa shape index (κ1) is 10.9. The van der Waals surface area contributed by atoms with Gasteiger partial charge in [0.2, 0.25) is 0 Å². The summed E-state index contributed by atoms with van der Waals surface area (Å²) < 4.78 is 0. The molecule has 1 nitrogen and oxygen atoms in total. The number of allylic oxidation sites excluding steroid dienone is 6. The van der Waals surface area contributed by atoms with E-state index in [-0.39, 0.29) is 5.41 Å². The van der Waals surface area contributed by atoms with Crippen LogP contribution in [0.1, 0.15) is 20.8 Å². The second-order valence-corrected chi connectivity index (χ2v) is 3.63. The Kier molecular flexibility index (Phi) is 5.02. The minimum absolute atomic E-state index is 0.221. The molecule has 0 unspecified atom stereocenters. The molecular weight excluding hydrogens is 148 g/mol. The van der Waals surface area contributed by atoms with Crippen LogP contribution in [0.4, 0.5) is 0 Å². The van der Waals surface area contributed by atoms with Gasteiger partial charge in [0.05, 0.1) is 0 Å². The first-order valence-electron chi connectivity index (χ1n) is 4.02. The zero-order chi connectivity index (χ0) is 9.45. The summed E-state index contributed by atoms with van der Waals surface area (Å²) in [5, 5.41) is 0. The molecule has 0 aromatic heterocycles. The Morgan fingerprint density at radius 3 is 1.83 bits per heavy atom. The van der Waals surface area contributed by atoms with Crippen LogP contribution in [0.5, 0.6) is 0 Å². The molecule has 0 saturated heterocycles. The van der Waals surface area contributed by atoms with Gasteiger partial charge < -0.3 is 0 Å². The first-order valence-corrected chi connectivity index (χ1v) is 4.02. The largest absolute Gasteiger partial charge is 0.299 e. The molecule has 0 heterocycles. The zero-order valence-electron chi connectivity index (χ0n) is 7.95. The van der Waals surface area contributed by atoms with Crippen molar-refractivity contribution in [3.8, 4) is 0 Å². The van der Waals surface area contributed by atoms with Crippen molar-refractivity contribution in [2.24, 2.45) is 5.41 Å². The van der Waals surface area contributed by atoms with Crippen LogP contribution in [0.2, 0.25) is 0 Å². The van der Waals surface area contributed by atoms with E-state index >= 15 is 0 Å². The summed E-state index contributed by atoms with van der Waals surface area (Å²) in [6.45, 7) is 6.41. The van der Waals surface area contributed by atoms with Gasteiger partial charge in [-0.1, -0.05) is 51.2 Å². The smallest absolute Gasteiger partial charge is 0.142 e. The molecule has 0 spiro atoms. The van der Waals surface area contributed by atoms with Gasteiger partial charge in [0.1, 0.15) is 6.29 Å². The number of aldehydes is 1. The second kappa shape index (κ2) is 5.53. The normalized spacial score (nSPS) is 13.6. The van der Waals surface area contributed by atoms with Gasteiger partial charge in [0.25, 0.3) is 0 Å². The van der Waals surface area contributed by atoms with E-state index in [1.165, 1.54) is 6.08 Å². The van der Waals surface area contributed by atoms with Crippen LogP contribution in [-0.2, 0) is 4.79 Å². The van der Waals surface area contributed by atoms with E-state index in [9.17, 15) is 4.79 Å². The number of carbonyl (C=O) groups excluding carboxylic acids is 1. The van der Waals surface area contributed by atoms with Crippen LogP contribution in [-0.4, -0.2) is 6.29 Å². The molecule has 0 N–H and O–H groups in total. The van der Waals surface area contributed by atoms with Crippen molar-refractivity contribution in [2.75, 3.05) is 0 Å². The van der Waals surface area contributed by atoms with Crippen LogP contribution in [0.3, 0.4) is 0 Å². The van der Waals surface area contributed by atoms with Gasteiger partial charge in [-0.05, 0) is 11.5 Å². The molecule has 0 aliphatic heterocycles. The summed E-state index contributed by atoms with van der Waals surface area (Å²) in [5.41, 5.74) is 0.221. The molecule has 0 radical (unpaired) electrons. The Hall–Kier alpha value is -1.11. The Morgan fingerprint density at radius 2 is 1.33 bits per heavy atom. The molecule has 0 fully saturated rings. The van der Waals surface area contributed by atoms with Crippen molar-refractivity contribution in [3.05, 3.63) is 36.5 Å². The van der Waals surface area contributed by atoms with Crippen molar-refractivity contribution >= 4 is 6.29 Å². The fraction of sp³-hybridized carbons (Fsp3) is 0.364. The summed E-state index contributed by atoms with van der Waals surface area (Å²) in [6.07, 6.45) is 11.8. The maximum Gasteiger partial charge on any atom is 0.142 e. The molecule has 66 valence electrons. The van der Waals surface area contributed by atoms with Gasteiger partial charge in [0, 0.05) is 0 Å². The van der Waals surface area contributed by atoms with Crippen molar-refractivity contribution in [2.45, 2.75) is 20.8 Å². The van der Waals surface area contributed by atoms with E-state index in [0.717, 1.165) is 6.29 Å². The summed E-state index contributed by atoms with van der Waals surface area (Å²) in [7, 11) is 0. The van der Waals surface area contributed by atoms with Crippen LogP contribution in [0, 0.1) is 5.41 Å². The molecule has 1 heteroatoms. The monoisotopic (exact) mass is 164 g/mol. The van der Waals surface area contributed by atoms with E-state index in [0.29, 0.717) is 0 Å². The second-order valence-electron chi connectivity index (χ2n) is 3.63. The Morgan fingerprint density at radius 1 is 0.833 bits per heavy atom. The molecule has 0 aromatic rings. The average molecular weight is 164 g/mol. The molecule has 0 aliphatic rings. The molecular formula is C11H16O. The lowest BCUT2D eigenvalue weighted by Gasteiger charge is -2.09. The highest BCUT2D eigenvalue weighted by Gasteiger charge is 2.01.